The molecule has 0 aliphatic heterocycles. The first-order chi connectivity index (χ1) is 10.4. The smallest absolute Gasteiger partial charge is 0.230 e. The Bertz CT molecular complexity index is 634. The Labute approximate surface area is 152 Å². The van der Waals surface area contributed by atoms with Crippen LogP contribution in [0.3, 0.4) is 0 Å². The van der Waals surface area contributed by atoms with E-state index in [2.05, 4.69) is 37.2 Å². The zero-order chi connectivity index (χ0) is 15.5. The highest BCUT2D eigenvalue weighted by Gasteiger charge is 2.60. The van der Waals surface area contributed by atoms with E-state index >= 15 is 0 Å². The summed E-state index contributed by atoms with van der Waals surface area (Å²) in [6, 6.07) is 5.84. The number of halogens is 3. The molecule has 0 aromatic heterocycles. The van der Waals surface area contributed by atoms with Gasteiger partial charge in [-0.1, -0.05) is 15.9 Å². The van der Waals surface area contributed by atoms with E-state index < -0.39 is 0 Å². The number of carbonyl (C=O) groups is 1. The molecule has 2 nitrogen and oxygen atoms in total. The van der Waals surface area contributed by atoms with Crippen molar-refractivity contribution in [1.82, 2.24) is 0 Å². The molecule has 0 heterocycles. The highest BCUT2D eigenvalue weighted by atomic mass is 79.9. The molecule has 1 aromatic rings. The molecule has 1 N–H and O–H groups in total. The molecular formula is C17H18Br2ClNO. The van der Waals surface area contributed by atoms with E-state index in [1.54, 1.807) is 0 Å². The van der Waals surface area contributed by atoms with Crippen molar-refractivity contribution in [3.8, 4) is 0 Å². The SMILES string of the molecule is O=C(Nc1ccc(Br)cc1Br)C12CC3CC(CC(Cl)(C3)C1)C2. The summed E-state index contributed by atoms with van der Waals surface area (Å²) in [4.78, 5) is 12.9. The van der Waals surface area contributed by atoms with Crippen LogP contribution in [-0.2, 0) is 4.79 Å². The second-order valence-corrected chi connectivity index (χ2v) is 10.0. The van der Waals surface area contributed by atoms with E-state index in [9.17, 15) is 4.79 Å². The fourth-order valence-corrected chi connectivity index (χ4v) is 7.10. The lowest BCUT2D eigenvalue weighted by atomic mass is 9.49. The van der Waals surface area contributed by atoms with Gasteiger partial charge >= 0.3 is 0 Å². The number of nitrogens with one attached hydrogen (secondary N) is 1. The minimum Gasteiger partial charge on any atom is -0.325 e. The molecule has 4 aliphatic rings. The van der Waals surface area contributed by atoms with Gasteiger partial charge in [0.2, 0.25) is 5.91 Å². The number of hydrogen-bond acceptors (Lipinski definition) is 1. The van der Waals surface area contributed by atoms with Crippen LogP contribution in [0.15, 0.2) is 27.1 Å². The lowest BCUT2D eigenvalue weighted by Gasteiger charge is -2.59. The summed E-state index contributed by atoms with van der Waals surface area (Å²) in [7, 11) is 0. The number of alkyl halides is 1. The van der Waals surface area contributed by atoms with E-state index in [0.29, 0.717) is 11.8 Å². The van der Waals surface area contributed by atoms with Gasteiger partial charge in [-0.05, 0) is 84.5 Å². The average molecular weight is 448 g/mol. The normalized spacial score (nSPS) is 39.0. The predicted octanol–water partition coefficient (Wildman–Crippen LogP) is 5.73. The first kappa shape index (κ1) is 15.5. The Balaban J connectivity index is 1.60. The molecule has 4 fully saturated rings. The summed E-state index contributed by atoms with van der Waals surface area (Å²) in [6.07, 6.45) is 6.33. The molecule has 5 heteroatoms. The van der Waals surface area contributed by atoms with E-state index in [4.69, 9.17) is 11.6 Å². The van der Waals surface area contributed by atoms with E-state index in [1.807, 2.05) is 18.2 Å². The molecule has 0 radical (unpaired) electrons. The molecule has 0 spiro atoms. The van der Waals surface area contributed by atoms with E-state index in [-0.39, 0.29) is 16.2 Å². The lowest BCUT2D eigenvalue weighted by Crippen LogP contribution is -2.57. The van der Waals surface area contributed by atoms with Gasteiger partial charge in [-0.25, -0.2) is 0 Å². The van der Waals surface area contributed by atoms with Crippen LogP contribution < -0.4 is 5.32 Å². The van der Waals surface area contributed by atoms with Gasteiger partial charge in [0, 0.05) is 13.8 Å². The van der Waals surface area contributed by atoms with Crippen molar-refractivity contribution in [3.63, 3.8) is 0 Å². The van der Waals surface area contributed by atoms with Crippen molar-refractivity contribution in [3.05, 3.63) is 27.1 Å². The second-order valence-electron chi connectivity index (χ2n) is 7.47. The fraction of sp³-hybridized carbons (Fsp3) is 0.588. The first-order valence-corrected chi connectivity index (χ1v) is 9.79. The molecule has 2 unspecified atom stereocenters. The number of benzene rings is 1. The van der Waals surface area contributed by atoms with Crippen LogP contribution in [0, 0.1) is 17.3 Å². The van der Waals surface area contributed by atoms with Crippen LogP contribution in [-0.4, -0.2) is 10.8 Å². The Hall–Kier alpha value is -0.0600. The molecule has 22 heavy (non-hydrogen) atoms. The molecule has 4 saturated carbocycles. The lowest BCUT2D eigenvalue weighted by molar-refractivity contribution is -0.138. The number of hydrogen-bond donors (Lipinski definition) is 1. The van der Waals surface area contributed by atoms with Gasteiger partial charge in [-0.3, -0.25) is 4.79 Å². The van der Waals surface area contributed by atoms with Crippen molar-refractivity contribution < 1.29 is 4.79 Å². The number of amides is 1. The van der Waals surface area contributed by atoms with E-state index in [0.717, 1.165) is 46.7 Å². The number of rotatable bonds is 2. The Morgan fingerprint density at radius 1 is 1.18 bits per heavy atom. The molecule has 1 aromatic carbocycles. The Kier molecular flexibility index (Phi) is 3.67. The maximum Gasteiger partial charge on any atom is 0.230 e. The monoisotopic (exact) mass is 445 g/mol. The van der Waals surface area contributed by atoms with Gasteiger partial charge in [0.05, 0.1) is 11.1 Å². The summed E-state index contributed by atoms with van der Waals surface area (Å²) < 4.78 is 1.90. The maximum atomic E-state index is 13.0. The molecule has 4 bridgehead atoms. The van der Waals surface area contributed by atoms with Crippen molar-refractivity contribution in [2.45, 2.75) is 43.4 Å². The van der Waals surface area contributed by atoms with Gasteiger partial charge in [0.15, 0.2) is 0 Å². The molecule has 118 valence electrons. The van der Waals surface area contributed by atoms with Gasteiger partial charge in [0.1, 0.15) is 0 Å². The van der Waals surface area contributed by atoms with Crippen LogP contribution in [0.2, 0.25) is 0 Å². The molecule has 1 amide bonds. The summed E-state index contributed by atoms with van der Waals surface area (Å²) >= 11 is 13.8. The van der Waals surface area contributed by atoms with Crippen molar-refractivity contribution >= 4 is 55.1 Å². The standard InChI is InChI=1S/C17H18Br2ClNO/c18-12-1-2-14(13(19)4-12)21-15(22)16-5-10-3-11(6-16)8-17(20,7-10)9-16/h1-2,4,10-11H,3,5-9H2,(H,21,22). The molecule has 2 atom stereocenters. The van der Waals surface area contributed by atoms with E-state index in [1.165, 1.54) is 6.42 Å². The minimum atomic E-state index is -0.252. The third kappa shape index (κ3) is 2.55. The largest absolute Gasteiger partial charge is 0.325 e. The van der Waals surface area contributed by atoms with Crippen LogP contribution >= 0.6 is 43.5 Å². The quantitative estimate of drug-likeness (QED) is 0.577. The van der Waals surface area contributed by atoms with Gasteiger partial charge in [-0.2, -0.15) is 0 Å². The van der Waals surface area contributed by atoms with Crippen LogP contribution in [0.25, 0.3) is 0 Å². The Morgan fingerprint density at radius 2 is 1.86 bits per heavy atom. The fourth-order valence-electron chi connectivity index (χ4n) is 5.26. The zero-order valence-corrected chi connectivity index (χ0v) is 16.1. The highest BCUT2D eigenvalue weighted by molar-refractivity contribution is 9.11. The van der Waals surface area contributed by atoms with Crippen molar-refractivity contribution in [1.29, 1.82) is 0 Å². The number of anilines is 1. The predicted molar refractivity (Wildman–Crippen MR) is 96.2 cm³/mol. The van der Waals surface area contributed by atoms with Crippen molar-refractivity contribution in [2.24, 2.45) is 17.3 Å². The molecule has 0 saturated heterocycles. The maximum absolute atomic E-state index is 13.0. The topological polar surface area (TPSA) is 29.1 Å². The number of carbonyl (C=O) groups excluding carboxylic acids is 1. The summed E-state index contributed by atoms with van der Waals surface area (Å²) in [5, 5.41) is 3.15. The average Bonchev–Trinajstić information content (AvgIpc) is 2.39. The molecular weight excluding hydrogens is 429 g/mol. The second kappa shape index (κ2) is 5.22. The zero-order valence-electron chi connectivity index (χ0n) is 12.2. The Morgan fingerprint density at radius 3 is 2.45 bits per heavy atom. The van der Waals surface area contributed by atoms with Crippen LogP contribution in [0.5, 0.6) is 0 Å². The first-order valence-electron chi connectivity index (χ1n) is 7.83. The van der Waals surface area contributed by atoms with Gasteiger partial charge in [-0.15, -0.1) is 11.6 Å². The van der Waals surface area contributed by atoms with Crippen molar-refractivity contribution in [2.75, 3.05) is 5.32 Å². The highest BCUT2D eigenvalue weighted by Crippen LogP contribution is 2.64. The summed E-state index contributed by atoms with van der Waals surface area (Å²) in [5.41, 5.74) is 0.589. The molecule has 4 aliphatic carbocycles. The van der Waals surface area contributed by atoms with Gasteiger partial charge in [0.25, 0.3) is 0 Å². The summed E-state index contributed by atoms with van der Waals surface area (Å²) in [5.74, 6) is 1.44. The van der Waals surface area contributed by atoms with Crippen LogP contribution in [0.1, 0.15) is 38.5 Å². The third-order valence-electron chi connectivity index (χ3n) is 5.65. The molecule has 5 rings (SSSR count). The summed E-state index contributed by atoms with van der Waals surface area (Å²) in [6.45, 7) is 0. The van der Waals surface area contributed by atoms with Crippen LogP contribution in [0.4, 0.5) is 5.69 Å². The third-order valence-corrected chi connectivity index (χ3v) is 7.24. The van der Waals surface area contributed by atoms with Gasteiger partial charge < -0.3 is 5.32 Å². The minimum absolute atomic E-state index is 0.127.